The first kappa shape index (κ1) is 20.7. The molecule has 0 spiro atoms. The molecule has 9 nitrogen and oxygen atoms in total. The number of methoxy groups -OCH3 is 1. The highest BCUT2D eigenvalue weighted by molar-refractivity contribution is 7.85. The number of aryl methyl sites for hydroxylation is 1. The van der Waals surface area contributed by atoms with Crippen molar-refractivity contribution in [2.45, 2.75) is 19.4 Å². The molecule has 0 bridgehead atoms. The highest BCUT2D eigenvalue weighted by Gasteiger charge is 2.21. The molecule has 0 aliphatic carbocycles. The maximum atomic E-state index is 9.19. The second-order valence-electron chi connectivity index (χ2n) is 5.40. The molecule has 2 heterocycles. The number of benzene rings is 1. The first-order valence-corrected chi connectivity index (χ1v) is 9.27. The summed E-state index contributed by atoms with van der Waals surface area (Å²) >= 11 is 0. The predicted octanol–water partition coefficient (Wildman–Crippen LogP) is 0.848. The molecule has 0 atom stereocenters. The summed E-state index contributed by atoms with van der Waals surface area (Å²) in [7, 11) is -2.00. The van der Waals surface area contributed by atoms with E-state index in [-0.39, 0.29) is 5.48 Å². The van der Waals surface area contributed by atoms with Crippen molar-refractivity contribution < 1.29 is 23.2 Å². The van der Waals surface area contributed by atoms with E-state index in [0.29, 0.717) is 12.7 Å². The number of fused-ring (bicyclic) bond motifs is 3. The topological polar surface area (TPSA) is 140 Å². The quantitative estimate of drug-likeness (QED) is 0.790. The number of rotatable bonds is 3. The zero-order chi connectivity index (χ0) is 17.7. The molecule has 0 unspecified atom stereocenters. The Labute approximate surface area is 146 Å². The monoisotopic (exact) mass is 370 g/mol. The lowest BCUT2D eigenvalue weighted by Crippen LogP contribution is -2.33. The maximum Gasteiger partial charge on any atom is 0.261 e. The molecule has 25 heavy (non-hydrogen) atoms. The number of ether oxygens (including phenoxy) is 1. The van der Waals surface area contributed by atoms with E-state index in [0.717, 1.165) is 48.8 Å². The third kappa shape index (κ3) is 5.60. The average Bonchev–Trinajstić information content (AvgIpc) is 2.89. The Bertz CT molecular complexity index is 849. The van der Waals surface area contributed by atoms with E-state index in [2.05, 4.69) is 21.6 Å². The van der Waals surface area contributed by atoms with Gasteiger partial charge in [0.1, 0.15) is 5.75 Å². The lowest BCUT2D eigenvalue weighted by atomic mass is 10.2. The minimum Gasteiger partial charge on any atom is -0.497 e. The third-order valence-corrected chi connectivity index (χ3v) is 3.52. The summed E-state index contributed by atoms with van der Waals surface area (Å²) in [5.74, 6) is 1.80. The molecule has 0 amide bonds. The van der Waals surface area contributed by atoms with Crippen molar-refractivity contribution in [2.75, 3.05) is 31.4 Å². The van der Waals surface area contributed by atoms with Gasteiger partial charge in [-0.25, -0.2) is 4.98 Å². The van der Waals surface area contributed by atoms with E-state index in [9.17, 15) is 8.42 Å². The number of aromatic nitrogens is 2. The Kier molecular flexibility index (Phi) is 7.17. The van der Waals surface area contributed by atoms with Gasteiger partial charge in [-0.15, -0.1) is 0 Å². The van der Waals surface area contributed by atoms with Gasteiger partial charge in [-0.05, 0) is 18.6 Å². The van der Waals surface area contributed by atoms with Crippen LogP contribution >= 0.6 is 0 Å². The number of anilines is 1. The van der Waals surface area contributed by atoms with E-state index in [1.54, 1.807) is 7.11 Å². The standard InChI is InChI=1S/C14H16N4O.CH4O3S.H2O/c1-19-11-4-5-13-12(10-11)16-14-17(7-2-6-15)8-3-9-18(13)14;1-5(2,3)4;/h4-5,10H,2-3,7-9H2,1H3;1H3,(H,2,3,4);1H2. The number of nitriles is 1. The smallest absolute Gasteiger partial charge is 0.261 e. The first-order valence-electron chi connectivity index (χ1n) is 7.42. The summed E-state index contributed by atoms with van der Waals surface area (Å²) in [4.78, 5) is 6.89. The van der Waals surface area contributed by atoms with Crippen LogP contribution in [-0.4, -0.2) is 54.5 Å². The van der Waals surface area contributed by atoms with Gasteiger partial charge in [0.05, 0.1) is 36.9 Å². The molecule has 3 N–H and O–H groups in total. The summed E-state index contributed by atoms with van der Waals surface area (Å²) in [6.07, 6.45) is 2.34. The molecule has 1 aromatic carbocycles. The van der Waals surface area contributed by atoms with Gasteiger partial charge in [0.2, 0.25) is 5.95 Å². The van der Waals surface area contributed by atoms with Crippen molar-refractivity contribution in [1.29, 1.82) is 5.26 Å². The van der Waals surface area contributed by atoms with Crippen LogP contribution in [-0.2, 0) is 16.7 Å². The molecule has 0 saturated heterocycles. The number of hydrogen-bond acceptors (Lipinski definition) is 6. The number of hydrogen-bond donors (Lipinski definition) is 1. The van der Waals surface area contributed by atoms with E-state index >= 15 is 0 Å². The van der Waals surface area contributed by atoms with Crippen LogP contribution in [0.2, 0.25) is 0 Å². The maximum absolute atomic E-state index is 9.19. The Hall–Kier alpha value is -2.35. The van der Waals surface area contributed by atoms with Crippen LogP contribution in [0.1, 0.15) is 12.8 Å². The largest absolute Gasteiger partial charge is 0.497 e. The van der Waals surface area contributed by atoms with Gasteiger partial charge in [0.15, 0.2) is 0 Å². The summed E-state index contributed by atoms with van der Waals surface area (Å²) in [5, 5.41) is 8.73. The van der Waals surface area contributed by atoms with E-state index in [1.807, 2.05) is 12.1 Å². The van der Waals surface area contributed by atoms with Crippen LogP contribution in [0.5, 0.6) is 5.75 Å². The normalized spacial score (nSPS) is 13.1. The Morgan fingerprint density at radius 1 is 1.40 bits per heavy atom. The van der Waals surface area contributed by atoms with Crippen molar-refractivity contribution >= 4 is 27.1 Å². The van der Waals surface area contributed by atoms with Gasteiger partial charge < -0.3 is 19.7 Å². The number of imidazole rings is 1. The van der Waals surface area contributed by atoms with Crippen LogP contribution in [0.4, 0.5) is 5.95 Å². The Morgan fingerprint density at radius 2 is 2.08 bits per heavy atom. The molecule has 0 saturated carbocycles. The van der Waals surface area contributed by atoms with Crippen molar-refractivity contribution in [3.05, 3.63) is 18.2 Å². The molecule has 3 rings (SSSR count). The van der Waals surface area contributed by atoms with Gasteiger partial charge in [0, 0.05) is 25.7 Å². The van der Waals surface area contributed by atoms with Crippen molar-refractivity contribution in [2.24, 2.45) is 0 Å². The summed E-state index contributed by atoms with van der Waals surface area (Å²) < 4.78 is 33.3. The molecule has 0 radical (unpaired) electrons. The van der Waals surface area contributed by atoms with Crippen LogP contribution in [0.3, 0.4) is 0 Å². The molecule has 10 heteroatoms. The van der Waals surface area contributed by atoms with E-state index < -0.39 is 10.1 Å². The fourth-order valence-corrected chi connectivity index (χ4v) is 2.60. The lowest BCUT2D eigenvalue weighted by molar-refractivity contribution is 0.415. The van der Waals surface area contributed by atoms with Crippen molar-refractivity contribution in [1.82, 2.24) is 9.55 Å². The highest BCUT2D eigenvalue weighted by Crippen LogP contribution is 2.28. The zero-order valence-corrected chi connectivity index (χ0v) is 15.0. The molecule has 0 fully saturated rings. The fraction of sp³-hybridized carbons (Fsp3) is 0.467. The summed E-state index contributed by atoms with van der Waals surface area (Å²) in [5.41, 5.74) is 2.09. The predicted molar refractivity (Wildman–Crippen MR) is 94.4 cm³/mol. The summed E-state index contributed by atoms with van der Waals surface area (Å²) in [6, 6.07) is 8.18. The Balaban J connectivity index is 0.000000462. The molecule has 138 valence electrons. The number of nitrogens with zero attached hydrogens (tertiary/aromatic N) is 4. The average molecular weight is 370 g/mol. The van der Waals surface area contributed by atoms with E-state index in [1.165, 1.54) is 0 Å². The second-order valence-corrected chi connectivity index (χ2v) is 6.87. The van der Waals surface area contributed by atoms with Crippen molar-refractivity contribution in [3.63, 3.8) is 0 Å². The third-order valence-electron chi connectivity index (χ3n) is 3.52. The molecule has 1 aliphatic rings. The van der Waals surface area contributed by atoms with Gasteiger partial charge in [0.25, 0.3) is 10.1 Å². The van der Waals surface area contributed by atoms with E-state index in [4.69, 9.17) is 19.5 Å². The molecule has 1 aliphatic heterocycles. The fourth-order valence-electron chi connectivity index (χ4n) is 2.60. The van der Waals surface area contributed by atoms with Gasteiger partial charge >= 0.3 is 0 Å². The van der Waals surface area contributed by atoms with Crippen molar-refractivity contribution in [3.8, 4) is 11.8 Å². The minimum absolute atomic E-state index is 0. The van der Waals surface area contributed by atoms with Gasteiger partial charge in [-0.3, -0.25) is 4.55 Å². The van der Waals surface area contributed by atoms with Gasteiger partial charge in [-0.2, -0.15) is 13.7 Å². The molecule has 1 aromatic heterocycles. The summed E-state index contributed by atoms with van der Waals surface area (Å²) in [6.45, 7) is 2.71. The molecular weight excluding hydrogens is 348 g/mol. The minimum atomic E-state index is -3.67. The SMILES string of the molecule is COc1ccc2c(c1)nc1n2CCCN1CCC#N.CS(=O)(=O)O.O. The molecule has 2 aromatic rings. The van der Waals surface area contributed by atoms with Crippen LogP contribution in [0, 0.1) is 11.3 Å². The molecular formula is C15H22N4O5S. The van der Waals surface area contributed by atoms with Crippen LogP contribution < -0.4 is 9.64 Å². The second kappa shape index (κ2) is 8.66. The van der Waals surface area contributed by atoms with Crippen LogP contribution in [0.15, 0.2) is 18.2 Å². The lowest BCUT2D eigenvalue weighted by Gasteiger charge is -2.28. The van der Waals surface area contributed by atoms with Gasteiger partial charge in [-0.1, -0.05) is 0 Å². The highest BCUT2D eigenvalue weighted by atomic mass is 32.2. The van der Waals surface area contributed by atoms with Crippen LogP contribution in [0.25, 0.3) is 11.0 Å². The zero-order valence-electron chi connectivity index (χ0n) is 14.1. The Morgan fingerprint density at radius 3 is 2.68 bits per heavy atom. The first-order chi connectivity index (χ1) is 11.3.